The molecule has 0 aliphatic heterocycles. The van der Waals surface area contributed by atoms with Crippen LogP contribution in [0.15, 0.2) is 72.9 Å². The van der Waals surface area contributed by atoms with E-state index in [0.717, 1.165) is 27.8 Å². The van der Waals surface area contributed by atoms with Gasteiger partial charge in [-0.1, -0.05) is 48.5 Å². The van der Waals surface area contributed by atoms with Gasteiger partial charge in [0.2, 0.25) is 0 Å². The van der Waals surface area contributed by atoms with Crippen molar-refractivity contribution >= 4 is 23.0 Å². The highest BCUT2D eigenvalue weighted by molar-refractivity contribution is 5.86. The summed E-state index contributed by atoms with van der Waals surface area (Å²) < 4.78 is 21.1. The van der Waals surface area contributed by atoms with E-state index >= 15 is 0 Å². The first-order chi connectivity index (χ1) is 16.4. The molecule has 34 heavy (non-hydrogen) atoms. The third-order valence-corrected chi connectivity index (χ3v) is 6.39. The van der Waals surface area contributed by atoms with E-state index in [9.17, 15) is 19.1 Å². The minimum Gasteiger partial charge on any atom is -0.480 e. The summed E-state index contributed by atoms with van der Waals surface area (Å²) in [5.41, 5.74) is 5.77. The summed E-state index contributed by atoms with van der Waals surface area (Å²) in [5.74, 6) is -1.72. The molecule has 0 radical (unpaired) electrons. The van der Waals surface area contributed by atoms with E-state index in [1.54, 1.807) is 23.9 Å². The van der Waals surface area contributed by atoms with Crippen molar-refractivity contribution in [2.24, 2.45) is 7.05 Å². The summed E-state index contributed by atoms with van der Waals surface area (Å²) in [7, 11) is 1.80. The average Bonchev–Trinajstić information content (AvgIpc) is 3.31. The lowest BCUT2D eigenvalue weighted by Gasteiger charge is -2.17. The Hall–Kier alpha value is -4.13. The minimum absolute atomic E-state index is 0.000320. The molecule has 1 heterocycles. The lowest BCUT2D eigenvalue weighted by atomic mass is 9.98. The van der Waals surface area contributed by atoms with E-state index in [2.05, 4.69) is 5.32 Å². The van der Waals surface area contributed by atoms with Crippen LogP contribution in [0.3, 0.4) is 0 Å². The zero-order chi connectivity index (χ0) is 23.8. The minimum atomic E-state index is -1.22. The normalized spacial score (nSPS) is 13.4. The molecule has 6 nitrogen and oxygen atoms in total. The smallest absolute Gasteiger partial charge is 0.407 e. The first kappa shape index (κ1) is 21.7. The van der Waals surface area contributed by atoms with Gasteiger partial charge >= 0.3 is 12.1 Å². The number of nitrogens with one attached hydrogen (secondary N) is 1. The third kappa shape index (κ3) is 3.90. The highest BCUT2D eigenvalue weighted by atomic mass is 19.1. The highest BCUT2D eigenvalue weighted by Crippen LogP contribution is 2.44. The maximum atomic E-state index is 13.8. The Morgan fingerprint density at radius 3 is 2.35 bits per heavy atom. The number of hydrogen-bond donors (Lipinski definition) is 2. The Morgan fingerprint density at radius 2 is 1.71 bits per heavy atom. The van der Waals surface area contributed by atoms with Crippen molar-refractivity contribution in [2.75, 3.05) is 6.61 Å². The number of carbonyl (C=O) groups is 2. The van der Waals surface area contributed by atoms with E-state index < -0.39 is 23.9 Å². The van der Waals surface area contributed by atoms with E-state index in [0.29, 0.717) is 10.9 Å². The number of carbonyl (C=O) groups excluding carboxylic acids is 1. The van der Waals surface area contributed by atoms with Crippen LogP contribution in [0.25, 0.3) is 22.0 Å². The van der Waals surface area contributed by atoms with Crippen molar-refractivity contribution < 1.29 is 23.8 Å². The molecule has 172 valence electrons. The number of amides is 1. The van der Waals surface area contributed by atoms with Gasteiger partial charge in [0.15, 0.2) is 0 Å². The van der Waals surface area contributed by atoms with Gasteiger partial charge in [0.05, 0.1) is 0 Å². The Kier molecular flexibility index (Phi) is 5.53. The van der Waals surface area contributed by atoms with E-state index in [1.165, 1.54) is 12.1 Å². The number of halogens is 1. The third-order valence-electron chi connectivity index (χ3n) is 6.39. The first-order valence-corrected chi connectivity index (χ1v) is 11.0. The number of alkyl carbamates (subject to hydrolysis) is 1. The van der Waals surface area contributed by atoms with Gasteiger partial charge in [-0.05, 0) is 46.0 Å². The first-order valence-electron chi connectivity index (χ1n) is 11.0. The quantitative estimate of drug-likeness (QED) is 0.433. The molecule has 0 fully saturated rings. The Morgan fingerprint density at radius 1 is 1.06 bits per heavy atom. The van der Waals surface area contributed by atoms with Crippen molar-refractivity contribution in [3.8, 4) is 11.1 Å². The molecule has 1 aromatic heterocycles. The number of carboxylic acid groups (broad SMARTS) is 1. The second kappa shape index (κ2) is 8.67. The molecule has 1 unspecified atom stereocenters. The number of aliphatic carboxylic acids is 1. The van der Waals surface area contributed by atoms with Gasteiger partial charge in [-0.3, -0.25) is 0 Å². The van der Waals surface area contributed by atoms with Gasteiger partial charge in [0.25, 0.3) is 0 Å². The lowest BCUT2D eigenvalue weighted by molar-refractivity contribution is -0.139. The van der Waals surface area contributed by atoms with Gasteiger partial charge < -0.3 is 19.7 Å². The van der Waals surface area contributed by atoms with Crippen molar-refractivity contribution in [2.45, 2.75) is 18.4 Å². The van der Waals surface area contributed by atoms with Crippen LogP contribution in [0.1, 0.15) is 22.6 Å². The number of nitrogens with zero attached hydrogens (tertiary/aromatic N) is 1. The van der Waals surface area contributed by atoms with Crippen LogP contribution in [0.5, 0.6) is 0 Å². The predicted molar refractivity (Wildman–Crippen MR) is 126 cm³/mol. The molecule has 0 saturated carbocycles. The maximum Gasteiger partial charge on any atom is 0.407 e. The van der Waals surface area contributed by atoms with Crippen LogP contribution < -0.4 is 5.32 Å². The molecule has 1 aliphatic carbocycles. The van der Waals surface area contributed by atoms with Crippen molar-refractivity contribution in [1.29, 1.82) is 0 Å². The van der Waals surface area contributed by atoms with Crippen LogP contribution in [0, 0.1) is 5.82 Å². The van der Waals surface area contributed by atoms with Gasteiger partial charge in [0, 0.05) is 36.5 Å². The fourth-order valence-electron chi connectivity index (χ4n) is 4.81. The molecule has 0 spiro atoms. The van der Waals surface area contributed by atoms with Crippen LogP contribution in [0.4, 0.5) is 9.18 Å². The molecule has 1 amide bonds. The summed E-state index contributed by atoms with van der Waals surface area (Å²) in [6, 6.07) is 19.1. The Balaban J connectivity index is 1.30. The predicted octanol–water partition coefficient (Wildman–Crippen LogP) is 4.85. The number of carboxylic acids is 1. The molecule has 2 N–H and O–H groups in total. The SMILES string of the molecule is Cn1cc(CC(NC(=O)OCC2c3ccccc3-c3ccccc32)C(=O)O)c2cc(F)ccc21. The maximum absolute atomic E-state index is 13.8. The monoisotopic (exact) mass is 458 g/mol. The van der Waals surface area contributed by atoms with Gasteiger partial charge in [-0.2, -0.15) is 0 Å². The second-order valence-electron chi connectivity index (χ2n) is 8.49. The standard InChI is InChI=1S/C27H23FN2O4/c1-30-14-16(22-13-17(28)10-11-25(22)30)12-24(26(31)32)29-27(33)34-15-23-20-8-4-2-6-18(20)19-7-3-5-9-21(19)23/h2-11,13-14,23-24H,12,15H2,1H3,(H,29,33)(H,31,32). The van der Waals surface area contributed by atoms with Crippen molar-refractivity contribution in [3.63, 3.8) is 0 Å². The number of hydrogen-bond acceptors (Lipinski definition) is 3. The number of ether oxygens (including phenoxy) is 1. The van der Waals surface area contributed by atoms with Crippen molar-refractivity contribution in [3.05, 3.63) is 95.4 Å². The number of aryl methyl sites for hydroxylation is 1. The molecule has 1 atom stereocenters. The Labute approximate surface area is 195 Å². The van der Waals surface area contributed by atoms with Crippen LogP contribution >= 0.6 is 0 Å². The zero-order valence-electron chi connectivity index (χ0n) is 18.5. The summed E-state index contributed by atoms with van der Waals surface area (Å²) in [6.07, 6.45) is 0.945. The number of aromatic nitrogens is 1. The van der Waals surface area contributed by atoms with Gasteiger partial charge in [0.1, 0.15) is 18.5 Å². The molecular weight excluding hydrogens is 435 g/mol. The molecule has 7 heteroatoms. The largest absolute Gasteiger partial charge is 0.480 e. The van der Waals surface area contributed by atoms with Gasteiger partial charge in [-0.25, -0.2) is 14.0 Å². The molecular formula is C27H23FN2O4. The fourth-order valence-corrected chi connectivity index (χ4v) is 4.81. The number of fused-ring (bicyclic) bond motifs is 4. The molecule has 0 bridgehead atoms. The van der Waals surface area contributed by atoms with Gasteiger partial charge in [-0.15, -0.1) is 0 Å². The Bertz CT molecular complexity index is 1370. The number of benzene rings is 3. The highest BCUT2D eigenvalue weighted by Gasteiger charge is 2.30. The average molecular weight is 458 g/mol. The summed E-state index contributed by atoms with van der Waals surface area (Å²) in [5, 5.41) is 12.8. The molecule has 1 aliphatic rings. The van der Waals surface area contributed by atoms with Crippen molar-refractivity contribution in [1.82, 2.24) is 9.88 Å². The topological polar surface area (TPSA) is 80.6 Å². The fraction of sp³-hybridized carbons (Fsp3) is 0.185. The molecule has 5 rings (SSSR count). The summed E-state index contributed by atoms with van der Waals surface area (Å²) in [4.78, 5) is 24.5. The zero-order valence-corrected chi connectivity index (χ0v) is 18.5. The summed E-state index contributed by atoms with van der Waals surface area (Å²) in [6.45, 7) is 0.0890. The lowest BCUT2D eigenvalue weighted by Crippen LogP contribution is -2.42. The van der Waals surface area contributed by atoms with Crippen LogP contribution in [0.2, 0.25) is 0 Å². The van der Waals surface area contributed by atoms with E-state index in [1.807, 2.05) is 48.5 Å². The molecule has 0 saturated heterocycles. The molecule has 4 aromatic rings. The van der Waals surface area contributed by atoms with E-state index in [4.69, 9.17) is 4.74 Å². The second-order valence-corrected chi connectivity index (χ2v) is 8.49. The van der Waals surface area contributed by atoms with Crippen LogP contribution in [-0.4, -0.2) is 34.4 Å². The summed E-state index contributed by atoms with van der Waals surface area (Å²) >= 11 is 0. The van der Waals surface area contributed by atoms with E-state index in [-0.39, 0.29) is 18.9 Å². The van der Waals surface area contributed by atoms with Crippen LogP contribution in [-0.2, 0) is 23.0 Å². The molecule has 3 aromatic carbocycles. The number of rotatable bonds is 6.